The van der Waals surface area contributed by atoms with Crippen molar-refractivity contribution in [3.05, 3.63) is 52.8 Å². The van der Waals surface area contributed by atoms with Crippen LogP contribution in [-0.2, 0) is 20.0 Å². The topological polar surface area (TPSA) is 38.1 Å². The largest absolute Gasteiger partial charge is 0.333 e. The van der Waals surface area contributed by atoms with E-state index in [1.165, 1.54) is 11.1 Å². The van der Waals surface area contributed by atoms with Gasteiger partial charge in [-0.1, -0.05) is 24.3 Å². The maximum Gasteiger partial charge on any atom is 0.274 e. The van der Waals surface area contributed by atoms with Crippen LogP contribution in [0.5, 0.6) is 0 Å². The standard InChI is InChI=1S/C15H17N3O/c1-11-9-17(2)16-14(11)15(19)18-8-7-12-5-3-4-6-13(12)10-18/h3-6,9H,7-8,10H2,1-2H3. The summed E-state index contributed by atoms with van der Waals surface area (Å²) in [6.07, 6.45) is 2.80. The molecule has 0 bridgehead atoms. The van der Waals surface area contributed by atoms with Gasteiger partial charge >= 0.3 is 0 Å². The fourth-order valence-corrected chi connectivity index (χ4v) is 2.64. The smallest absolute Gasteiger partial charge is 0.274 e. The molecule has 1 aliphatic heterocycles. The first-order valence-electron chi connectivity index (χ1n) is 6.51. The molecule has 3 rings (SSSR count). The minimum absolute atomic E-state index is 0.0348. The highest BCUT2D eigenvalue weighted by atomic mass is 16.2. The van der Waals surface area contributed by atoms with Gasteiger partial charge in [0.1, 0.15) is 0 Å². The van der Waals surface area contributed by atoms with Crippen LogP contribution < -0.4 is 0 Å². The van der Waals surface area contributed by atoms with Crippen molar-refractivity contribution in [2.75, 3.05) is 6.54 Å². The molecule has 2 heterocycles. The summed E-state index contributed by atoms with van der Waals surface area (Å²) in [7, 11) is 1.84. The first kappa shape index (κ1) is 12.0. The van der Waals surface area contributed by atoms with Crippen LogP contribution in [0.15, 0.2) is 30.5 Å². The quantitative estimate of drug-likeness (QED) is 0.781. The SMILES string of the molecule is Cc1cn(C)nc1C(=O)N1CCc2ccccc2C1. The van der Waals surface area contributed by atoms with Crippen molar-refractivity contribution in [1.82, 2.24) is 14.7 Å². The minimum atomic E-state index is 0.0348. The van der Waals surface area contributed by atoms with Crippen molar-refractivity contribution in [1.29, 1.82) is 0 Å². The fraction of sp³-hybridized carbons (Fsp3) is 0.333. The summed E-state index contributed by atoms with van der Waals surface area (Å²) in [6.45, 7) is 3.38. The minimum Gasteiger partial charge on any atom is -0.333 e. The van der Waals surface area contributed by atoms with Gasteiger partial charge in [0.15, 0.2) is 5.69 Å². The number of benzene rings is 1. The van der Waals surface area contributed by atoms with Crippen molar-refractivity contribution in [2.45, 2.75) is 19.9 Å². The molecule has 0 unspecified atom stereocenters. The average Bonchev–Trinajstić information content (AvgIpc) is 2.76. The number of hydrogen-bond donors (Lipinski definition) is 0. The van der Waals surface area contributed by atoms with Crippen LogP contribution in [0.3, 0.4) is 0 Å². The Morgan fingerprint density at radius 1 is 1.26 bits per heavy atom. The van der Waals surface area contributed by atoms with E-state index in [0.717, 1.165) is 18.5 Å². The van der Waals surface area contributed by atoms with E-state index in [0.29, 0.717) is 12.2 Å². The lowest BCUT2D eigenvalue weighted by Gasteiger charge is -2.28. The molecule has 2 aromatic rings. The van der Waals surface area contributed by atoms with E-state index >= 15 is 0 Å². The number of rotatable bonds is 1. The van der Waals surface area contributed by atoms with Crippen molar-refractivity contribution in [3.8, 4) is 0 Å². The molecular weight excluding hydrogens is 238 g/mol. The molecule has 0 radical (unpaired) electrons. The van der Waals surface area contributed by atoms with E-state index in [4.69, 9.17) is 0 Å². The summed E-state index contributed by atoms with van der Waals surface area (Å²) >= 11 is 0. The van der Waals surface area contributed by atoms with Crippen LogP contribution >= 0.6 is 0 Å². The molecule has 1 aromatic heterocycles. The number of hydrogen-bond acceptors (Lipinski definition) is 2. The van der Waals surface area contributed by atoms with Crippen LogP contribution in [-0.4, -0.2) is 27.1 Å². The van der Waals surface area contributed by atoms with Gasteiger partial charge in [-0.3, -0.25) is 9.48 Å². The van der Waals surface area contributed by atoms with E-state index in [1.54, 1.807) is 4.68 Å². The molecule has 1 aromatic carbocycles. The van der Waals surface area contributed by atoms with Crippen molar-refractivity contribution in [2.24, 2.45) is 7.05 Å². The van der Waals surface area contributed by atoms with Crippen LogP contribution in [0.4, 0.5) is 0 Å². The number of aryl methyl sites for hydroxylation is 2. The third-order valence-electron chi connectivity index (χ3n) is 3.63. The fourth-order valence-electron chi connectivity index (χ4n) is 2.64. The lowest BCUT2D eigenvalue weighted by atomic mass is 9.99. The number of nitrogens with zero attached hydrogens (tertiary/aromatic N) is 3. The Morgan fingerprint density at radius 2 is 2.00 bits per heavy atom. The van der Waals surface area contributed by atoms with Gasteiger partial charge in [-0.2, -0.15) is 5.10 Å². The highest BCUT2D eigenvalue weighted by Gasteiger charge is 2.24. The average molecular weight is 255 g/mol. The maximum absolute atomic E-state index is 12.5. The summed E-state index contributed by atoms with van der Waals surface area (Å²) in [5.41, 5.74) is 4.10. The predicted octanol–water partition coefficient (Wildman–Crippen LogP) is 1.93. The van der Waals surface area contributed by atoms with Crippen molar-refractivity contribution in [3.63, 3.8) is 0 Å². The molecule has 4 nitrogen and oxygen atoms in total. The second-order valence-electron chi connectivity index (χ2n) is 5.08. The second kappa shape index (κ2) is 4.53. The van der Waals surface area contributed by atoms with Gasteiger partial charge in [0.2, 0.25) is 0 Å². The molecule has 0 spiro atoms. The van der Waals surface area contributed by atoms with Gasteiger partial charge < -0.3 is 4.90 Å². The Balaban J connectivity index is 1.85. The van der Waals surface area contributed by atoms with E-state index in [1.807, 2.05) is 31.1 Å². The summed E-state index contributed by atoms with van der Waals surface area (Å²) in [5, 5.41) is 4.27. The van der Waals surface area contributed by atoms with Crippen molar-refractivity contribution >= 4 is 5.91 Å². The molecule has 1 aliphatic rings. The Bertz CT molecular complexity index is 630. The lowest BCUT2D eigenvalue weighted by Crippen LogP contribution is -2.36. The Kier molecular flexibility index (Phi) is 2.85. The Morgan fingerprint density at radius 3 is 2.68 bits per heavy atom. The van der Waals surface area contributed by atoms with E-state index in [2.05, 4.69) is 23.3 Å². The van der Waals surface area contributed by atoms with E-state index in [-0.39, 0.29) is 5.91 Å². The summed E-state index contributed by atoms with van der Waals surface area (Å²) in [4.78, 5) is 14.4. The molecule has 0 aliphatic carbocycles. The normalized spacial score (nSPS) is 14.3. The highest BCUT2D eigenvalue weighted by Crippen LogP contribution is 2.20. The lowest BCUT2D eigenvalue weighted by molar-refractivity contribution is 0.0727. The molecule has 0 saturated carbocycles. The number of carbonyl (C=O) groups excluding carboxylic acids is 1. The van der Waals surface area contributed by atoms with Gasteiger partial charge in [-0.25, -0.2) is 0 Å². The maximum atomic E-state index is 12.5. The van der Waals surface area contributed by atoms with Gasteiger partial charge in [-0.15, -0.1) is 0 Å². The molecule has 0 fully saturated rings. The van der Waals surface area contributed by atoms with Gasteiger partial charge in [0.25, 0.3) is 5.91 Å². The zero-order chi connectivity index (χ0) is 13.4. The Labute approximate surface area is 112 Å². The molecule has 4 heteroatoms. The molecule has 0 N–H and O–H groups in total. The summed E-state index contributed by atoms with van der Waals surface area (Å²) < 4.78 is 1.69. The summed E-state index contributed by atoms with van der Waals surface area (Å²) in [6, 6.07) is 8.32. The van der Waals surface area contributed by atoms with Gasteiger partial charge in [0, 0.05) is 31.9 Å². The number of aromatic nitrogens is 2. The Hall–Kier alpha value is -2.10. The zero-order valence-electron chi connectivity index (χ0n) is 11.3. The van der Waals surface area contributed by atoms with Crippen LogP contribution in [0, 0.1) is 6.92 Å². The monoisotopic (exact) mass is 255 g/mol. The van der Waals surface area contributed by atoms with E-state index in [9.17, 15) is 4.79 Å². The van der Waals surface area contributed by atoms with Crippen LogP contribution in [0.1, 0.15) is 27.2 Å². The molecule has 19 heavy (non-hydrogen) atoms. The van der Waals surface area contributed by atoms with Crippen LogP contribution in [0.25, 0.3) is 0 Å². The van der Waals surface area contributed by atoms with Crippen molar-refractivity contribution < 1.29 is 4.79 Å². The zero-order valence-corrected chi connectivity index (χ0v) is 11.3. The highest BCUT2D eigenvalue weighted by molar-refractivity contribution is 5.93. The first-order chi connectivity index (χ1) is 9.15. The first-order valence-corrected chi connectivity index (χ1v) is 6.51. The predicted molar refractivity (Wildman–Crippen MR) is 72.8 cm³/mol. The summed E-state index contributed by atoms with van der Waals surface area (Å²) in [5.74, 6) is 0.0348. The molecule has 0 atom stereocenters. The second-order valence-corrected chi connectivity index (χ2v) is 5.08. The molecule has 1 amide bonds. The third-order valence-corrected chi connectivity index (χ3v) is 3.63. The van der Waals surface area contributed by atoms with Gasteiger partial charge in [0.05, 0.1) is 0 Å². The molecular formula is C15H17N3O. The number of carbonyl (C=O) groups is 1. The number of fused-ring (bicyclic) bond motifs is 1. The molecule has 0 saturated heterocycles. The van der Waals surface area contributed by atoms with E-state index < -0.39 is 0 Å². The third kappa shape index (κ3) is 2.14. The van der Waals surface area contributed by atoms with Crippen LogP contribution in [0.2, 0.25) is 0 Å². The van der Waals surface area contributed by atoms with Gasteiger partial charge in [-0.05, 0) is 24.5 Å². The number of amides is 1. The molecule has 98 valence electrons.